The highest BCUT2D eigenvalue weighted by atomic mass is 32.1. The number of aliphatic hydroxyl groups is 1. The molecule has 0 aliphatic carbocycles. The Labute approximate surface area is 157 Å². The minimum atomic E-state index is -1.44. The molecule has 26 heavy (non-hydrogen) atoms. The van der Waals surface area contributed by atoms with Crippen LogP contribution >= 0.6 is 22.7 Å². The Hall–Kier alpha value is -2.55. The van der Waals surface area contributed by atoms with Crippen LogP contribution in [0.4, 0.5) is 10.1 Å². The van der Waals surface area contributed by atoms with E-state index >= 15 is 0 Å². The van der Waals surface area contributed by atoms with Crippen molar-refractivity contribution in [3.63, 3.8) is 0 Å². The van der Waals surface area contributed by atoms with E-state index in [1.54, 1.807) is 29.6 Å². The molecule has 5 nitrogen and oxygen atoms in total. The van der Waals surface area contributed by atoms with Gasteiger partial charge in [-0.1, -0.05) is 18.2 Å². The second kappa shape index (κ2) is 7.77. The van der Waals surface area contributed by atoms with Crippen molar-refractivity contribution in [2.24, 2.45) is 0 Å². The fourth-order valence-corrected chi connectivity index (χ4v) is 3.95. The monoisotopic (exact) mass is 390 g/mol. The maximum atomic E-state index is 13.6. The first-order valence-electron chi connectivity index (χ1n) is 7.63. The summed E-state index contributed by atoms with van der Waals surface area (Å²) < 4.78 is 13.6. The summed E-state index contributed by atoms with van der Waals surface area (Å²) in [5.74, 6) is -2.60. The fourth-order valence-electron chi connectivity index (χ4n) is 2.38. The van der Waals surface area contributed by atoms with E-state index in [0.29, 0.717) is 10.4 Å². The molecule has 3 N–H and O–H groups in total. The molecule has 0 saturated heterocycles. The lowest BCUT2D eigenvalue weighted by atomic mass is 9.94. The van der Waals surface area contributed by atoms with Gasteiger partial charge in [0, 0.05) is 10.4 Å². The smallest absolute Gasteiger partial charge is 0.313 e. The number of para-hydroxylation sites is 1. The normalized spacial score (nSPS) is 13.0. The molecule has 1 unspecified atom stereocenters. The number of halogens is 1. The van der Waals surface area contributed by atoms with Crippen LogP contribution in [-0.4, -0.2) is 23.5 Å². The number of amides is 2. The van der Waals surface area contributed by atoms with Crippen molar-refractivity contribution in [2.75, 3.05) is 11.9 Å². The number of rotatable bonds is 5. The molecule has 1 atom stereocenters. The van der Waals surface area contributed by atoms with Crippen molar-refractivity contribution >= 4 is 40.2 Å². The molecule has 8 heteroatoms. The lowest BCUT2D eigenvalue weighted by Crippen LogP contribution is -2.44. The van der Waals surface area contributed by atoms with Crippen LogP contribution < -0.4 is 10.6 Å². The van der Waals surface area contributed by atoms with Gasteiger partial charge in [-0.25, -0.2) is 4.39 Å². The molecule has 134 valence electrons. The molecule has 0 aliphatic rings. The van der Waals surface area contributed by atoms with Crippen molar-refractivity contribution in [2.45, 2.75) is 5.60 Å². The fraction of sp³-hybridized carbons (Fsp3) is 0.111. The van der Waals surface area contributed by atoms with Crippen LogP contribution in [0.5, 0.6) is 0 Å². The zero-order valence-corrected chi connectivity index (χ0v) is 15.1. The van der Waals surface area contributed by atoms with Gasteiger partial charge in [0.15, 0.2) is 0 Å². The Morgan fingerprint density at radius 2 is 1.88 bits per heavy atom. The van der Waals surface area contributed by atoms with Gasteiger partial charge in [0.25, 0.3) is 0 Å². The molecule has 0 bridgehead atoms. The largest absolute Gasteiger partial charge is 0.378 e. The van der Waals surface area contributed by atoms with Gasteiger partial charge >= 0.3 is 11.8 Å². The third kappa shape index (κ3) is 3.82. The molecule has 0 fully saturated rings. The Morgan fingerprint density at radius 1 is 1.08 bits per heavy atom. The Morgan fingerprint density at radius 3 is 2.54 bits per heavy atom. The van der Waals surface area contributed by atoms with E-state index < -0.39 is 23.2 Å². The number of carbonyl (C=O) groups is 2. The zero-order chi connectivity index (χ0) is 18.6. The van der Waals surface area contributed by atoms with Crippen molar-refractivity contribution in [3.8, 4) is 0 Å². The molecule has 1 aromatic carbocycles. The molecule has 0 radical (unpaired) electrons. The molecule has 3 rings (SSSR count). The van der Waals surface area contributed by atoms with Gasteiger partial charge in [0.2, 0.25) is 0 Å². The number of thiophene rings is 2. The number of anilines is 1. The highest BCUT2D eigenvalue weighted by molar-refractivity contribution is 7.10. The van der Waals surface area contributed by atoms with Gasteiger partial charge in [0.1, 0.15) is 11.4 Å². The van der Waals surface area contributed by atoms with Gasteiger partial charge in [-0.3, -0.25) is 9.59 Å². The molecular weight excluding hydrogens is 375 g/mol. The van der Waals surface area contributed by atoms with Gasteiger partial charge in [-0.05, 0) is 40.4 Å². The van der Waals surface area contributed by atoms with E-state index in [0.717, 1.165) is 0 Å². The van der Waals surface area contributed by atoms with Crippen LogP contribution in [0, 0.1) is 5.82 Å². The van der Waals surface area contributed by atoms with Gasteiger partial charge < -0.3 is 15.7 Å². The second-order valence-corrected chi connectivity index (χ2v) is 7.19. The van der Waals surface area contributed by atoms with E-state index in [4.69, 9.17) is 0 Å². The first-order chi connectivity index (χ1) is 12.5. The molecule has 3 aromatic rings. The summed E-state index contributed by atoms with van der Waals surface area (Å²) in [5, 5.41) is 21.2. The SMILES string of the molecule is O=C(NCC(O)(c1ccsc1)c1cccs1)C(=O)Nc1ccccc1F. The lowest BCUT2D eigenvalue weighted by Gasteiger charge is -2.26. The zero-order valence-electron chi connectivity index (χ0n) is 13.4. The number of carbonyl (C=O) groups excluding carboxylic acids is 2. The minimum absolute atomic E-state index is 0.0843. The van der Waals surface area contributed by atoms with E-state index in [2.05, 4.69) is 10.6 Å². The van der Waals surface area contributed by atoms with Crippen molar-refractivity contribution in [3.05, 3.63) is 74.9 Å². The van der Waals surface area contributed by atoms with Crippen LogP contribution in [-0.2, 0) is 15.2 Å². The summed E-state index contributed by atoms with van der Waals surface area (Å²) in [5.41, 5.74) is -0.902. The van der Waals surface area contributed by atoms with Gasteiger partial charge in [-0.15, -0.1) is 11.3 Å². The standard InChI is InChI=1S/C18H15FN2O3S2/c19-13-4-1-2-5-14(13)21-17(23)16(22)20-11-18(24,12-7-9-25-10-12)15-6-3-8-26-15/h1-10,24H,11H2,(H,20,22)(H,21,23). The van der Waals surface area contributed by atoms with Gasteiger partial charge in [-0.2, -0.15) is 11.3 Å². The summed E-state index contributed by atoms with van der Waals surface area (Å²) in [7, 11) is 0. The average Bonchev–Trinajstić information content (AvgIpc) is 3.35. The first kappa shape index (κ1) is 18.2. The van der Waals surface area contributed by atoms with E-state index in [1.165, 1.54) is 40.9 Å². The van der Waals surface area contributed by atoms with Crippen LogP contribution in [0.2, 0.25) is 0 Å². The summed E-state index contributed by atoms with van der Waals surface area (Å²) in [4.78, 5) is 24.7. The molecule has 0 saturated carbocycles. The molecule has 0 aliphatic heterocycles. The molecular formula is C18H15FN2O3S2. The molecule has 2 aromatic heterocycles. The topological polar surface area (TPSA) is 78.4 Å². The minimum Gasteiger partial charge on any atom is -0.378 e. The number of hydrogen-bond acceptors (Lipinski definition) is 5. The molecule has 2 heterocycles. The van der Waals surface area contributed by atoms with Crippen molar-refractivity contribution in [1.29, 1.82) is 0 Å². The number of nitrogens with one attached hydrogen (secondary N) is 2. The maximum Gasteiger partial charge on any atom is 0.313 e. The van der Waals surface area contributed by atoms with Crippen LogP contribution in [0.1, 0.15) is 10.4 Å². The summed E-state index contributed by atoms with van der Waals surface area (Å²) in [6.45, 7) is -0.187. The Balaban J connectivity index is 1.70. The first-order valence-corrected chi connectivity index (χ1v) is 9.46. The van der Waals surface area contributed by atoms with Crippen LogP contribution in [0.15, 0.2) is 58.6 Å². The third-order valence-corrected chi connectivity index (χ3v) is 5.46. The quantitative estimate of drug-likeness (QED) is 0.586. The lowest BCUT2D eigenvalue weighted by molar-refractivity contribution is -0.136. The highest BCUT2D eigenvalue weighted by Crippen LogP contribution is 2.33. The summed E-state index contributed by atoms with van der Waals surface area (Å²) in [6.07, 6.45) is 0. The van der Waals surface area contributed by atoms with Gasteiger partial charge in [0.05, 0.1) is 12.2 Å². The predicted octanol–water partition coefficient (Wildman–Crippen LogP) is 2.94. The Kier molecular flexibility index (Phi) is 5.46. The second-order valence-electron chi connectivity index (χ2n) is 5.47. The van der Waals surface area contributed by atoms with E-state index in [-0.39, 0.29) is 12.2 Å². The summed E-state index contributed by atoms with van der Waals surface area (Å²) >= 11 is 2.76. The Bertz CT molecular complexity index is 861. The predicted molar refractivity (Wildman–Crippen MR) is 99.7 cm³/mol. The maximum absolute atomic E-state index is 13.6. The average molecular weight is 390 g/mol. The van der Waals surface area contributed by atoms with Crippen LogP contribution in [0.25, 0.3) is 0 Å². The molecule has 2 amide bonds. The number of benzene rings is 1. The van der Waals surface area contributed by atoms with E-state index in [1.807, 2.05) is 10.8 Å². The summed E-state index contributed by atoms with van der Waals surface area (Å²) in [6, 6.07) is 10.9. The van der Waals surface area contributed by atoms with Crippen molar-refractivity contribution in [1.82, 2.24) is 5.32 Å². The molecule has 0 spiro atoms. The highest BCUT2D eigenvalue weighted by Gasteiger charge is 2.34. The van der Waals surface area contributed by atoms with Crippen molar-refractivity contribution < 1.29 is 19.1 Å². The third-order valence-electron chi connectivity index (χ3n) is 3.76. The van der Waals surface area contributed by atoms with E-state index in [9.17, 15) is 19.1 Å². The number of hydrogen-bond donors (Lipinski definition) is 3. The van der Waals surface area contributed by atoms with Crippen LogP contribution in [0.3, 0.4) is 0 Å².